The van der Waals surface area contributed by atoms with Crippen molar-refractivity contribution >= 4 is 5.91 Å². The van der Waals surface area contributed by atoms with E-state index in [9.17, 15) is 9.90 Å². The number of carbonyl (C=O) groups is 1. The first kappa shape index (κ1) is 14.6. The number of amides is 1. The van der Waals surface area contributed by atoms with Crippen molar-refractivity contribution in [2.45, 2.75) is 18.4 Å². The third kappa shape index (κ3) is 2.83. The number of nitrogens with one attached hydrogen (secondary N) is 1. The van der Waals surface area contributed by atoms with Gasteiger partial charge in [-0.2, -0.15) is 0 Å². The van der Waals surface area contributed by atoms with Gasteiger partial charge in [-0.25, -0.2) is 0 Å². The zero-order chi connectivity index (χ0) is 15.5. The summed E-state index contributed by atoms with van der Waals surface area (Å²) in [6, 6.07) is 15.2. The fourth-order valence-electron chi connectivity index (χ4n) is 2.83. The average molecular weight is 297 g/mol. The van der Waals surface area contributed by atoms with Crippen LogP contribution in [-0.2, 0) is 11.2 Å². The van der Waals surface area contributed by atoms with E-state index in [1.54, 1.807) is 31.4 Å². The molecule has 4 heteroatoms. The van der Waals surface area contributed by atoms with E-state index in [1.807, 2.05) is 12.1 Å². The summed E-state index contributed by atoms with van der Waals surface area (Å²) in [5.74, 6) is 0.590. The van der Waals surface area contributed by atoms with E-state index >= 15 is 0 Å². The van der Waals surface area contributed by atoms with Gasteiger partial charge >= 0.3 is 0 Å². The van der Waals surface area contributed by atoms with Crippen LogP contribution in [0.15, 0.2) is 48.5 Å². The third-order valence-corrected chi connectivity index (χ3v) is 4.14. The van der Waals surface area contributed by atoms with Crippen molar-refractivity contribution in [1.82, 2.24) is 5.32 Å². The number of methoxy groups -OCH3 is 1. The van der Waals surface area contributed by atoms with Crippen molar-refractivity contribution < 1.29 is 14.6 Å². The number of rotatable bonds is 5. The number of aliphatic hydroxyl groups excluding tert-OH is 1. The van der Waals surface area contributed by atoms with Crippen LogP contribution in [0.2, 0.25) is 0 Å². The summed E-state index contributed by atoms with van der Waals surface area (Å²) in [6.45, 7) is 0.552. The quantitative estimate of drug-likeness (QED) is 0.889. The van der Waals surface area contributed by atoms with Crippen molar-refractivity contribution in [3.05, 3.63) is 65.2 Å². The number of aliphatic hydroxyl groups is 1. The highest BCUT2D eigenvalue weighted by Crippen LogP contribution is 2.34. The molecule has 0 fully saturated rings. The molecule has 0 heterocycles. The maximum Gasteiger partial charge on any atom is 0.253 e. The van der Waals surface area contributed by atoms with Gasteiger partial charge in [-0.1, -0.05) is 36.4 Å². The molecule has 1 aliphatic carbocycles. The van der Waals surface area contributed by atoms with Crippen molar-refractivity contribution in [2.75, 3.05) is 13.7 Å². The van der Waals surface area contributed by atoms with Gasteiger partial charge in [0.2, 0.25) is 0 Å². The summed E-state index contributed by atoms with van der Waals surface area (Å²) < 4.78 is 5.11. The largest absolute Gasteiger partial charge is 0.497 e. The Morgan fingerprint density at radius 2 is 2.14 bits per heavy atom. The summed E-state index contributed by atoms with van der Waals surface area (Å²) in [5, 5.41) is 13.0. The lowest BCUT2D eigenvalue weighted by Gasteiger charge is -2.30. The predicted molar refractivity (Wildman–Crippen MR) is 83.9 cm³/mol. The normalized spacial score (nSPS) is 17.1. The molecule has 22 heavy (non-hydrogen) atoms. The van der Waals surface area contributed by atoms with Crippen LogP contribution in [0, 0.1) is 0 Å². The molecule has 3 rings (SSSR count). The number of carbonyl (C=O) groups excluding carboxylic acids is 1. The summed E-state index contributed by atoms with van der Waals surface area (Å²) in [4.78, 5) is 12.1. The molecular weight excluding hydrogens is 278 g/mol. The Morgan fingerprint density at radius 3 is 2.91 bits per heavy atom. The van der Waals surface area contributed by atoms with Crippen LogP contribution in [-0.4, -0.2) is 24.7 Å². The molecule has 2 unspecified atom stereocenters. The maximum atomic E-state index is 12.1. The Labute approximate surface area is 129 Å². The van der Waals surface area contributed by atoms with Crippen LogP contribution in [0.4, 0.5) is 0 Å². The van der Waals surface area contributed by atoms with Crippen LogP contribution < -0.4 is 10.1 Å². The van der Waals surface area contributed by atoms with E-state index in [2.05, 4.69) is 17.4 Å². The monoisotopic (exact) mass is 297 g/mol. The van der Waals surface area contributed by atoms with E-state index in [0.717, 1.165) is 6.42 Å². The maximum absolute atomic E-state index is 12.1. The van der Waals surface area contributed by atoms with Gasteiger partial charge in [-0.15, -0.1) is 0 Å². The van der Waals surface area contributed by atoms with Crippen LogP contribution in [0.1, 0.15) is 28.7 Å². The molecule has 0 saturated heterocycles. The lowest BCUT2D eigenvalue weighted by molar-refractivity contribution is -0.129. The minimum Gasteiger partial charge on any atom is -0.497 e. The second-order valence-electron chi connectivity index (χ2n) is 5.52. The molecule has 0 saturated carbocycles. The number of hydrogen-bond donors (Lipinski definition) is 2. The molecule has 2 N–H and O–H groups in total. The Kier molecular flexibility index (Phi) is 4.11. The minimum absolute atomic E-state index is 0.345. The lowest BCUT2D eigenvalue weighted by Crippen LogP contribution is -2.36. The molecule has 2 aromatic carbocycles. The van der Waals surface area contributed by atoms with Gasteiger partial charge < -0.3 is 15.2 Å². The Balaban J connectivity index is 1.58. The van der Waals surface area contributed by atoms with Gasteiger partial charge in [0, 0.05) is 12.5 Å². The van der Waals surface area contributed by atoms with Crippen LogP contribution in [0.3, 0.4) is 0 Å². The van der Waals surface area contributed by atoms with Crippen LogP contribution >= 0.6 is 0 Å². The lowest BCUT2D eigenvalue weighted by atomic mass is 9.77. The standard InChI is InChI=1S/C18H19NO3/c1-22-15-7-4-6-13(10-15)17(20)18(21)19-11-14-9-12-5-2-3-8-16(12)14/h2-8,10,14,17,20H,9,11H2,1H3,(H,19,21). The zero-order valence-corrected chi connectivity index (χ0v) is 12.5. The Hall–Kier alpha value is -2.33. The smallest absolute Gasteiger partial charge is 0.253 e. The van der Waals surface area contributed by atoms with Gasteiger partial charge in [0.1, 0.15) is 5.75 Å². The summed E-state index contributed by atoms with van der Waals surface area (Å²) in [5.41, 5.74) is 3.17. The SMILES string of the molecule is COc1cccc(C(O)C(=O)NCC2Cc3ccccc32)c1. The summed E-state index contributed by atoms with van der Waals surface area (Å²) >= 11 is 0. The molecule has 1 aliphatic rings. The first-order chi connectivity index (χ1) is 10.7. The van der Waals surface area contributed by atoms with Crippen LogP contribution in [0.25, 0.3) is 0 Å². The van der Waals surface area contributed by atoms with Gasteiger partial charge in [0.05, 0.1) is 7.11 Å². The van der Waals surface area contributed by atoms with Crippen molar-refractivity contribution in [2.24, 2.45) is 0 Å². The topological polar surface area (TPSA) is 58.6 Å². The highest BCUT2D eigenvalue weighted by atomic mass is 16.5. The number of hydrogen-bond acceptors (Lipinski definition) is 3. The van der Waals surface area contributed by atoms with Crippen molar-refractivity contribution in [3.8, 4) is 5.75 Å². The van der Waals surface area contributed by atoms with E-state index in [0.29, 0.717) is 23.8 Å². The average Bonchev–Trinajstić information content (AvgIpc) is 2.54. The van der Waals surface area contributed by atoms with Crippen molar-refractivity contribution in [1.29, 1.82) is 0 Å². The van der Waals surface area contributed by atoms with Gasteiger partial charge in [-0.05, 0) is 35.2 Å². The molecule has 0 aliphatic heterocycles. The molecule has 0 bridgehead atoms. The molecular formula is C18H19NO3. The molecule has 0 spiro atoms. The Bertz CT molecular complexity index is 684. The summed E-state index contributed by atoms with van der Waals surface area (Å²) in [6.07, 6.45) is -0.198. The van der Waals surface area contributed by atoms with Gasteiger partial charge in [0.15, 0.2) is 6.10 Å². The third-order valence-electron chi connectivity index (χ3n) is 4.14. The first-order valence-electron chi connectivity index (χ1n) is 7.36. The van der Waals surface area contributed by atoms with Gasteiger partial charge in [0.25, 0.3) is 5.91 Å². The van der Waals surface area contributed by atoms with E-state index in [-0.39, 0.29) is 5.91 Å². The molecule has 1 amide bonds. The minimum atomic E-state index is -1.18. The molecule has 114 valence electrons. The Morgan fingerprint density at radius 1 is 1.32 bits per heavy atom. The van der Waals surface area contributed by atoms with E-state index < -0.39 is 6.10 Å². The molecule has 2 aromatic rings. The van der Waals surface area contributed by atoms with Crippen LogP contribution in [0.5, 0.6) is 5.75 Å². The molecule has 2 atom stereocenters. The first-order valence-corrected chi connectivity index (χ1v) is 7.36. The zero-order valence-electron chi connectivity index (χ0n) is 12.5. The van der Waals surface area contributed by atoms with E-state index in [4.69, 9.17) is 4.74 Å². The summed E-state index contributed by atoms with van der Waals surface area (Å²) in [7, 11) is 1.56. The second-order valence-corrected chi connectivity index (χ2v) is 5.52. The number of ether oxygens (including phenoxy) is 1. The fraction of sp³-hybridized carbons (Fsp3) is 0.278. The van der Waals surface area contributed by atoms with Crippen molar-refractivity contribution in [3.63, 3.8) is 0 Å². The number of benzene rings is 2. The molecule has 0 radical (unpaired) electrons. The van der Waals surface area contributed by atoms with Gasteiger partial charge in [-0.3, -0.25) is 4.79 Å². The molecule has 4 nitrogen and oxygen atoms in total. The fourth-order valence-corrected chi connectivity index (χ4v) is 2.83. The number of fused-ring (bicyclic) bond motifs is 1. The second kappa shape index (κ2) is 6.20. The molecule has 0 aromatic heterocycles. The van der Waals surface area contributed by atoms with E-state index in [1.165, 1.54) is 11.1 Å². The highest BCUT2D eigenvalue weighted by Gasteiger charge is 2.26. The highest BCUT2D eigenvalue weighted by molar-refractivity contribution is 5.82. The predicted octanol–water partition coefficient (Wildman–Crippen LogP) is 2.18.